The summed E-state index contributed by atoms with van der Waals surface area (Å²) in [6.45, 7) is 5.56. The first-order valence-corrected chi connectivity index (χ1v) is 8.42. The number of nitrogens with one attached hydrogen (secondary N) is 1. The molecular weight excluding hydrogens is 244 g/mol. The summed E-state index contributed by atoms with van der Waals surface area (Å²) >= 11 is 0. The van der Waals surface area contributed by atoms with Crippen LogP contribution < -0.4 is 10.2 Å². The van der Waals surface area contributed by atoms with Crippen molar-refractivity contribution in [3.63, 3.8) is 0 Å². The predicted molar refractivity (Wildman–Crippen MR) is 86.4 cm³/mol. The molecule has 2 nitrogen and oxygen atoms in total. The SMILES string of the molecule is CCNC1CC2CCCC(C1)N2c1ccc(CC)cc1. The maximum atomic E-state index is 3.68. The summed E-state index contributed by atoms with van der Waals surface area (Å²) in [5.74, 6) is 0. The quantitative estimate of drug-likeness (QED) is 0.898. The number of piperidine rings is 2. The van der Waals surface area contributed by atoms with E-state index in [1.54, 1.807) is 0 Å². The fraction of sp³-hybridized carbons (Fsp3) is 0.667. The zero-order valence-electron chi connectivity index (χ0n) is 12.9. The Balaban J connectivity index is 1.78. The number of hydrogen-bond acceptors (Lipinski definition) is 2. The van der Waals surface area contributed by atoms with Gasteiger partial charge < -0.3 is 10.2 Å². The molecule has 0 aromatic heterocycles. The lowest BCUT2D eigenvalue weighted by Gasteiger charge is -2.50. The molecule has 1 aromatic rings. The zero-order valence-corrected chi connectivity index (χ0v) is 12.9. The average Bonchev–Trinajstić information content (AvgIpc) is 2.47. The molecule has 2 atom stereocenters. The Morgan fingerprint density at radius 1 is 1.05 bits per heavy atom. The lowest BCUT2D eigenvalue weighted by molar-refractivity contribution is 0.247. The Labute approximate surface area is 123 Å². The van der Waals surface area contributed by atoms with E-state index in [0.29, 0.717) is 0 Å². The van der Waals surface area contributed by atoms with Gasteiger partial charge in [0.15, 0.2) is 0 Å². The molecule has 20 heavy (non-hydrogen) atoms. The Morgan fingerprint density at radius 3 is 2.25 bits per heavy atom. The van der Waals surface area contributed by atoms with Gasteiger partial charge in [-0.3, -0.25) is 0 Å². The molecule has 2 aliphatic rings. The molecule has 2 heteroatoms. The number of fused-ring (bicyclic) bond motifs is 2. The van der Waals surface area contributed by atoms with Crippen LogP contribution in [0.2, 0.25) is 0 Å². The molecule has 110 valence electrons. The van der Waals surface area contributed by atoms with E-state index < -0.39 is 0 Å². The van der Waals surface area contributed by atoms with Crippen LogP contribution in [0.1, 0.15) is 51.5 Å². The van der Waals surface area contributed by atoms with Crippen molar-refractivity contribution < 1.29 is 0 Å². The van der Waals surface area contributed by atoms with Gasteiger partial charge in [-0.1, -0.05) is 26.0 Å². The molecule has 2 saturated heterocycles. The van der Waals surface area contributed by atoms with Gasteiger partial charge in [-0.2, -0.15) is 0 Å². The summed E-state index contributed by atoms with van der Waals surface area (Å²) in [5, 5.41) is 3.68. The fourth-order valence-corrected chi connectivity index (χ4v) is 4.16. The lowest BCUT2D eigenvalue weighted by Crippen LogP contribution is -2.56. The summed E-state index contributed by atoms with van der Waals surface area (Å²) in [6, 6.07) is 11.5. The van der Waals surface area contributed by atoms with Gasteiger partial charge in [0.05, 0.1) is 0 Å². The van der Waals surface area contributed by atoms with Gasteiger partial charge in [0.1, 0.15) is 0 Å². The minimum Gasteiger partial charge on any atom is -0.365 e. The summed E-state index contributed by atoms with van der Waals surface area (Å²) in [6.07, 6.45) is 7.93. The summed E-state index contributed by atoms with van der Waals surface area (Å²) < 4.78 is 0. The van der Waals surface area contributed by atoms with Crippen LogP contribution in [-0.4, -0.2) is 24.7 Å². The molecule has 2 fully saturated rings. The van der Waals surface area contributed by atoms with E-state index in [1.165, 1.54) is 43.4 Å². The Kier molecular flexibility index (Phi) is 4.30. The van der Waals surface area contributed by atoms with E-state index in [4.69, 9.17) is 0 Å². The molecule has 0 spiro atoms. The van der Waals surface area contributed by atoms with Gasteiger partial charge in [0, 0.05) is 23.8 Å². The van der Waals surface area contributed by atoms with Crippen molar-refractivity contribution in [3.8, 4) is 0 Å². The summed E-state index contributed by atoms with van der Waals surface area (Å²) in [5.41, 5.74) is 2.90. The normalized spacial score (nSPS) is 29.5. The third-order valence-corrected chi connectivity index (χ3v) is 5.11. The predicted octanol–water partition coefficient (Wildman–Crippen LogP) is 3.75. The average molecular weight is 272 g/mol. The maximum Gasteiger partial charge on any atom is 0.0371 e. The highest BCUT2D eigenvalue weighted by Crippen LogP contribution is 2.37. The van der Waals surface area contributed by atoms with Crippen molar-refractivity contribution in [2.75, 3.05) is 11.4 Å². The van der Waals surface area contributed by atoms with E-state index >= 15 is 0 Å². The van der Waals surface area contributed by atoms with Crippen molar-refractivity contribution in [2.45, 2.75) is 70.5 Å². The summed E-state index contributed by atoms with van der Waals surface area (Å²) in [7, 11) is 0. The van der Waals surface area contributed by atoms with Gasteiger partial charge in [0.25, 0.3) is 0 Å². The smallest absolute Gasteiger partial charge is 0.0371 e. The number of nitrogens with zero attached hydrogens (tertiary/aromatic N) is 1. The van der Waals surface area contributed by atoms with Crippen LogP contribution in [0.15, 0.2) is 24.3 Å². The van der Waals surface area contributed by atoms with Crippen LogP contribution in [0.5, 0.6) is 0 Å². The molecule has 2 bridgehead atoms. The number of aryl methyl sites for hydroxylation is 1. The highest BCUT2D eigenvalue weighted by Gasteiger charge is 2.37. The van der Waals surface area contributed by atoms with Crippen LogP contribution in [-0.2, 0) is 6.42 Å². The highest BCUT2D eigenvalue weighted by molar-refractivity contribution is 5.51. The van der Waals surface area contributed by atoms with Crippen molar-refractivity contribution in [3.05, 3.63) is 29.8 Å². The van der Waals surface area contributed by atoms with Crippen LogP contribution >= 0.6 is 0 Å². The minimum absolute atomic E-state index is 0.737. The van der Waals surface area contributed by atoms with E-state index in [2.05, 4.69) is 48.3 Å². The van der Waals surface area contributed by atoms with E-state index in [1.807, 2.05) is 0 Å². The number of benzene rings is 1. The number of rotatable bonds is 4. The van der Waals surface area contributed by atoms with Crippen LogP contribution in [0, 0.1) is 0 Å². The number of hydrogen-bond donors (Lipinski definition) is 1. The van der Waals surface area contributed by atoms with Crippen molar-refractivity contribution >= 4 is 5.69 Å². The fourth-order valence-electron chi connectivity index (χ4n) is 4.16. The third kappa shape index (κ3) is 2.71. The largest absolute Gasteiger partial charge is 0.365 e. The second-order valence-corrected chi connectivity index (χ2v) is 6.39. The molecule has 1 N–H and O–H groups in total. The van der Waals surface area contributed by atoms with E-state index in [-0.39, 0.29) is 0 Å². The molecule has 2 aliphatic heterocycles. The Hall–Kier alpha value is -1.02. The van der Waals surface area contributed by atoms with Crippen LogP contribution in [0.25, 0.3) is 0 Å². The lowest BCUT2D eigenvalue weighted by atomic mass is 9.81. The molecular formula is C18H28N2. The molecule has 2 unspecified atom stereocenters. The zero-order chi connectivity index (χ0) is 13.9. The van der Waals surface area contributed by atoms with E-state index in [9.17, 15) is 0 Å². The van der Waals surface area contributed by atoms with Crippen molar-refractivity contribution in [2.24, 2.45) is 0 Å². The second kappa shape index (κ2) is 6.17. The Bertz CT molecular complexity index is 412. The minimum atomic E-state index is 0.737. The maximum absolute atomic E-state index is 3.68. The van der Waals surface area contributed by atoms with Crippen molar-refractivity contribution in [1.29, 1.82) is 0 Å². The van der Waals surface area contributed by atoms with Crippen LogP contribution in [0.4, 0.5) is 5.69 Å². The Morgan fingerprint density at radius 2 is 1.70 bits per heavy atom. The first-order valence-electron chi connectivity index (χ1n) is 8.42. The molecule has 0 aliphatic carbocycles. The van der Waals surface area contributed by atoms with Gasteiger partial charge in [0.2, 0.25) is 0 Å². The first-order chi connectivity index (χ1) is 9.81. The molecule has 0 radical (unpaired) electrons. The van der Waals surface area contributed by atoms with Crippen molar-refractivity contribution in [1.82, 2.24) is 5.32 Å². The first kappa shape index (κ1) is 13.9. The monoisotopic (exact) mass is 272 g/mol. The van der Waals surface area contributed by atoms with Crippen LogP contribution in [0.3, 0.4) is 0 Å². The highest BCUT2D eigenvalue weighted by atomic mass is 15.2. The molecule has 0 saturated carbocycles. The standard InChI is InChI=1S/C18H28N2/c1-3-14-8-10-16(11-9-14)20-17-6-5-7-18(20)13-15(12-17)19-4-2/h8-11,15,17-19H,3-7,12-13H2,1-2H3. The topological polar surface area (TPSA) is 15.3 Å². The molecule has 1 aromatic carbocycles. The molecule has 2 heterocycles. The molecule has 0 amide bonds. The third-order valence-electron chi connectivity index (χ3n) is 5.11. The summed E-state index contributed by atoms with van der Waals surface area (Å²) in [4.78, 5) is 2.73. The van der Waals surface area contributed by atoms with E-state index in [0.717, 1.165) is 31.1 Å². The van der Waals surface area contributed by atoms with Gasteiger partial charge in [-0.05, 0) is 62.8 Å². The van der Waals surface area contributed by atoms with Gasteiger partial charge in [-0.15, -0.1) is 0 Å². The molecule has 3 rings (SSSR count). The second-order valence-electron chi connectivity index (χ2n) is 6.39. The van der Waals surface area contributed by atoms with Gasteiger partial charge in [-0.25, -0.2) is 0 Å². The van der Waals surface area contributed by atoms with Gasteiger partial charge >= 0.3 is 0 Å². The number of anilines is 1.